The summed E-state index contributed by atoms with van der Waals surface area (Å²) < 4.78 is 18.6. The summed E-state index contributed by atoms with van der Waals surface area (Å²) in [6, 6.07) is 6.41. The first-order valence-electron chi connectivity index (χ1n) is 6.14. The van der Waals surface area contributed by atoms with E-state index < -0.39 is 0 Å². The van der Waals surface area contributed by atoms with E-state index in [0.29, 0.717) is 12.1 Å². The van der Waals surface area contributed by atoms with Crippen LogP contribution >= 0.6 is 0 Å². The molecule has 0 atom stereocenters. The van der Waals surface area contributed by atoms with Crippen LogP contribution in [-0.2, 0) is 11.3 Å². The molecule has 4 heteroatoms. The number of halogens is 1. The highest BCUT2D eigenvalue weighted by atomic mass is 19.1. The summed E-state index contributed by atoms with van der Waals surface area (Å²) in [5.41, 5.74) is 1.21. The van der Waals surface area contributed by atoms with Crippen LogP contribution in [0.1, 0.15) is 30.9 Å². The molecular formula is C14H17FN2O. The third kappa shape index (κ3) is 3.28. The second kappa shape index (κ2) is 5.47. The number of ether oxygens (including phenoxy) is 1. The fourth-order valence-corrected chi connectivity index (χ4v) is 2.13. The SMILES string of the molecule is CC1(NCc2cc(F)cc(C#N)c2)CCOCC1. The van der Waals surface area contributed by atoms with E-state index in [1.54, 1.807) is 6.07 Å². The van der Waals surface area contributed by atoms with Crippen LogP contribution in [0, 0.1) is 17.1 Å². The van der Waals surface area contributed by atoms with E-state index in [2.05, 4.69) is 12.2 Å². The molecule has 1 aromatic carbocycles. The molecule has 1 fully saturated rings. The highest BCUT2D eigenvalue weighted by Crippen LogP contribution is 2.20. The zero-order valence-electron chi connectivity index (χ0n) is 10.5. The number of hydrogen-bond donors (Lipinski definition) is 1. The first kappa shape index (κ1) is 13.0. The van der Waals surface area contributed by atoms with Crippen molar-refractivity contribution in [2.24, 2.45) is 0 Å². The van der Waals surface area contributed by atoms with Gasteiger partial charge in [-0.15, -0.1) is 0 Å². The molecule has 96 valence electrons. The van der Waals surface area contributed by atoms with Crippen LogP contribution in [0.15, 0.2) is 18.2 Å². The maximum Gasteiger partial charge on any atom is 0.124 e. The lowest BCUT2D eigenvalue weighted by molar-refractivity contribution is 0.0446. The summed E-state index contributed by atoms with van der Waals surface area (Å²) in [7, 11) is 0. The minimum absolute atomic E-state index is 0.0391. The first-order valence-corrected chi connectivity index (χ1v) is 6.14. The van der Waals surface area contributed by atoms with E-state index >= 15 is 0 Å². The van der Waals surface area contributed by atoms with Crippen LogP contribution in [0.4, 0.5) is 4.39 Å². The summed E-state index contributed by atoms with van der Waals surface area (Å²) in [6.45, 7) is 4.25. The van der Waals surface area contributed by atoms with Crippen molar-refractivity contribution < 1.29 is 9.13 Å². The van der Waals surface area contributed by atoms with Gasteiger partial charge in [0.1, 0.15) is 5.82 Å². The number of nitrogens with zero attached hydrogens (tertiary/aromatic N) is 1. The second-order valence-electron chi connectivity index (χ2n) is 4.99. The number of nitrogens with one attached hydrogen (secondary N) is 1. The Bertz CT molecular complexity index is 461. The number of benzene rings is 1. The van der Waals surface area contributed by atoms with E-state index in [1.165, 1.54) is 12.1 Å². The van der Waals surface area contributed by atoms with Gasteiger partial charge in [0.15, 0.2) is 0 Å². The Hall–Kier alpha value is -1.44. The maximum atomic E-state index is 13.3. The molecule has 0 spiro atoms. The normalized spacial score (nSPS) is 18.3. The zero-order valence-corrected chi connectivity index (χ0v) is 10.5. The standard InChI is InChI=1S/C14H17FN2O/c1-14(2-4-18-5-3-14)17-10-12-6-11(9-16)7-13(15)8-12/h6-8,17H,2-5,10H2,1H3. The predicted molar refractivity (Wildman–Crippen MR) is 66.4 cm³/mol. The summed E-state index contributed by atoms with van der Waals surface area (Å²) >= 11 is 0. The molecule has 0 saturated carbocycles. The van der Waals surface area contributed by atoms with E-state index in [0.717, 1.165) is 31.6 Å². The Labute approximate surface area is 107 Å². The Balaban J connectivity index is 2.01. The molecule has 1 aliphatic rings. The average molecular weight is 248 g/mol. The van der Waals surface area contributed by atoms with Crippen molar-refractivity contribution in [2.75, 3.05) is 13.2 Å². The lowest BCUT2D eigenvalue weighted by atomic mass is 9.92. The van der Waals surface area contributed by atoms with Crippen molar-refractivity contribution in [3.05, 3.63) is 35.1 Å². The van der Waals surface area contributed by atoms with Gasteiger partial charge in [-0.05, 0) is 43.5 Å². The quantitative estimate of drug-likeness (QED) is 0.893. The minimum atomic E-state index is -0.358. The van der Waals surface area contributed by atoms with Gasteiger partial charge < -0.3 is 10.1 Å². The molecule has 2 rings (SSSR count). The molecule has 0 bridgehead atoms. The van der Waals surface area contributed by atoms with Crippen LogP contribution in [0.3, 0.4) is 0 Å². The van der Waals surface area contributed by atoms with Crippen LogP contribution in [0.2, 0.25) is 0 Å². The third-order valence-corrected chi connectivity index (χ3v) is 3.40. The van der Waals surface area contributed by atoms with Crippen LogP contribution in [0.25, 0.3) is 0 Å². The molecule has 0 aliphatic carbocycles. The van der Waals surface area contributed by atoms with E-state index in [1.807, 2.05) is 6.07 Å². The van der Waals surface area contributed by atoms with Crippen molar-refractivity contribution in [2.45, 2.75) is 31.8 Å². The van der Waals surface area contributed by atoms with Gasteiger partial charge in [-0.3, -0.25) is 0 Å². The highest BCUT2D eigenvalue weighted by Gasteiger charge is 2.26. The molecule has 0 amide bonds. The molecule has 1 heterocycles. The zero-order chi connectivity index (χ0) is 13.0. The second-order valence-corrected chi connectivity index (χ2v) is 4.99. The number of rotatable bonds is 3. The average Bonchev–Trinajstić information content (AvgIpc) is 2.37. The molecule has 0 unspecified atom stereocenters. The molecule has 0 aromatic heterocycles. The summed E-state index contributed by atoms with van der Waals surface area (Å²) in [4.78, 5) is 0. The molecule has 1 aliphatic heterocycles. The van der Waals surface area contributed by atoms with Crippen LogP contribution in [0.5, 0.6) is 0 Å². The van der Waals surface area contributed by atoms with Gasteiger partial charge in [-0.1, -0.05) is 0 Å². The van der Waals surface area contributed by atoms with Crippen molar-refractivity contribution in [3.63, 3.8) is 0 Å². The van der Waals surface area contributed by atoms with E-state index in [4.69, 9.17) is 10.00 Å². The number of nitriles is 1. The van der Waals surface area contributed by atoms with Crippen molar-refractivity contribution in [3.8, 4) is 6.07 Å². The third-order valence-electron chi connectivity index (χ3n) is 3.40. The predicted octanol–water partition coefficient (Wildman–Crippen LogP) is 2.36. The lowest BCUT2D eigenvalue weighted by Gasteiger charge is -2.34. The number of hydrogen-bond acceptors (Lipinski definition) is 3. The summed E-state index contributed by atoms with van der Waals surface area (Å²) in [6.07, 6.45) is 1.90. The Kier molecular flexibility index (Phi) is 3.95. The first-order chi connectivity index (χ1) is 8.61. The van der Waals surface area contributed by atoms with Gasteiger partial charge in [0, 0.05) is 25.3 Å². The molecule has 3 nitrogen and oxygen atoms in total. The molecule has 18 heavy (non-hydrogen) atoms. The van der Waals surface area contributed by atoms with Crippen molar-refractivity contribution >= 4 is 0 Å². The fourth-order valence-electron chi connectivity index (χ4n) is 2.13. The smallest absolute Gasteiger partial charge is 0.124 e. The molecule has 1 aromatic rings. The van der Waals surface area contributed by atoms with Gasteiger partial charge in [0.2, 0.25) is 0 Å². The molecule has 1 N–H and O–H groups in total. The van der Waals surface area contributed by atoms with E-state index in [-0.39, 0.29) is 11.4 Å². The molecule has 0 radical (unpaired) electrons. The Morgan fingerprint density at radius 3 is 2.78 bits per heavy atom. The van der Waals surface area contributed by atoms with Crippen LogP contribution in [-0.4, -0.2) is 18.8 Å². The van der Waals surface area contributed by atoms with Crippen molar-refractivity contribution in [1.82, 2.24) is 5.32 Å². The molecule has 1 saturated heterocycles. The highest BCUT2D eigenvalue weighted by molar-refractivity contribution is 5.33. The van der Waals surface area contributed by atoms with Gasteiger partial charge in [0.05, 0.1) is 11.6 Å². The van der Waals surface area contributed by atoms with Crippen molar-refractivity contribution in [1.29, 1.82) is 5.26 Å². The topological polar surface area (TPSA) is 45.0 Å². The maximum absolute atomic E-state index is 13.3. The monoisotopic (exact) mass is 248 g/mol. The van der Waals surface area contributed by atoms with Gasteiger partial charge in [0.25, 0.3) is 0 Å². The van der Waals surface area contributed by atoms with Crippen LogP contribution < -0.4 is 5.32 Å². The van der Waals surface area contributed by atoms with E-state index in [9.17, 15) is 4.39 Å². The summed E-state index contributed by atoms with van der Waals surface area (Å²) in [5, 5.41) is 12.2. The van der Waals surface area contributed by atoms with Gasteiger partial charge >= 0.3 is 0 Å². The fraction of sp³-hybridized carbons (Fsp3) is 0.500. The summed E-state index contributed by atoms with van der Waals surface area (Å²) in [5.74, 6) is -0.358. The largest absolute Gasteiger partial charge is 0.381 e. The lowest BCUT2D eigenvalue weighted by Crippen LogP contribution is -2.46. The van der Waals surface area contributed by atoms with Gasteiger partial charge in [-0.2, -0.15) is 5.26 Å². The Morgan fingerprint density at radius 2 is 2.11 bits per heavy atom. The Morgan fingerprint density at radius 1 is 1.39 bits per heavy atom. The van der Waals surface area contributed by atoms with Gasteiger partial charge in [-0.25, -0.2) is 4.39 Å². The minimum Gasteiger partial charge on any atom is -0.381 e. The molecular weight excluding hydrogens is 231 g/mol.